The number of nitrogens with zero attached hydrogens (tertiary/aromatic N) is 4. The highest BCUT2D eigenvalue weighted by molar-refractivity contribution is 7.16. The molecule has 1 amide bonds. The molecule has 3 aromatic heterocycles. The molecule has 5 aromatic rings. The largest absolute Gasteiger partial charge is 0.416 e. The van der Waals surface area contributed by atoms with E-state index in [1.54, 1.807) is 23.7 Å². The molecule has 0 atom stereocenters. The molecule has 1 N–H and O–H groups in total. The standard InChI is InChI=1S/C34H32F3N5OS/c1-22-5-6-23(16-27-19-31(25-4-3-10-38-20-25)40-33-28(27)9-15-44-33)17-30(22)39-32(43)24-7-8-26(29(18-24)34(35,36)37)21-42-13-11-41(2)12-14-42/h3-10,15,17-20H,11-14,16,21H2,1-2H3,(H,39,43). The quantitative estimate of drug-likeness (QED) is 0.209. The zero-order valence-corrected chi connectivity index (χ0v) is 25.3. The molecule has 2 aromatic carbocycles. The average Bonchev–Trinajstić information content (AvgIpc) is 3.49. The summed E-state index contributed by atoms with van der Waals surface area (Å²) < 4.78 is 42.4. The Bertz CT molecular complexity index is 1800. The van der Waals surface area contributed by atoms with Crippen LogP contribution in [0.2, 0.25) is 0 Å². The van der Waals surface area contributed by atoms with Crippen LogP contribution in [-0.2, 0) is 19.1 Å². The van der Waals surface area contributed by atoms with Gasteiger partial charge in [0.1, 0.15) is 4.83 Å². The molecule has 1 saturated heterocycles. The van der Waals surface area contributed by atoms with E-state index in [9.17, 15) is 18.0 Å². The number of anilines is 1. The second-order valence-corrected chi connectivity index (χ2v) is 12.2. The van der Waals surface area contributed by atoms with Gasteiger partial charge in [-0.3, -0.25) is 14.7 Å². The van der Waals surface area contributed by atoms with Gasteiger partial charge in [0.2, 0.25) is 0 Å². The van der Waals surface area contributed by atoms with Gasteiger partial charge in [-0.15, -0.1) is 11.3 Å². The Labute approximate surface area is 258 Å². The van der Waals surface area contributed by atoms with Gasteiger partial charge in [-0.25, -0.2) is 4.98 Å². The Hall–Kier alpha value is -4.12. The fourth-order valence-electron chi connectivity index (χ4n) is 5.52. The molecule has 226 valence electrons. The van der Waals surface area contributed by atoms with E-state index < -0.39 is 17.6 Å². The van der Waals surface area contributed by atoms with E-state index in [4.69, 9.17) is 4.98 Å². The number of benzene rings is 2. The van der Waals surface area contributed by atoms with Gasteiger partial charge >= 0.3 is 6.18 Å². The van der Waals surface area contributed by atoms with Crippen molar-refractivity contribution in [3.05, 3.63) is 112 Å². The monoisotopic (exact) mass is 615 g/mol. The van der Waals surface area contributed by atoms with Crippen molar-refractivity contribution in [2.45, 2.75) is 26.1 Å². The van der Waals surface area contributed by atoms with Crippen molar-refractivity contribution in [2.75, 3.05) is 38.5 Å². The minimum absolute atomic E-state index is 0.0283. The summed E-state index contributed by atoms with van der Waals surface area (Å²) in [7, 11) is 2.00. The number of nitrogens with one attached hydrogen (secondary N) is 1. The molecule has 0 saturated carbocycles. The topological polar surface area (TPSA) is 61.4 Å². The number of carbonyl (C=O) groups excluding carboxylic acids is 1. The average molecular weight is 616 g/mol. The summed E-state index contributed by atoms with van der Waals surface area (Å²) in [6.45, 7) is 5.09. The van der Waals surface area contributed by atoms with Crippen LogP contribution in [-0.4, -0.2) is 58.9 Å². The Morgan fingerprint density at radius 1 is 1.00 bits per heavy atom. The molecule has 1 fully saturated rings. The molecule has 0 spiro atoms. The second-order valence-electron chi connectivity index (χ2n) is 11.3. The predicted octanol–water partition coefficient (Wildman–Crippen LogP) is 7.28. The summed E-state index contributed by atoms with van der Waals surface area (Å²) in [5.41, 5.74) is 4.56. The lowest BCUT2D eigenvalue weighted by atomic mass is 9.99. The predicted molar refractivity (Wildman–Crippen MR) is 169 cm³/mol. The van der Waals surface area contributed by atoms with Crippen LogP contribution in [0.5, 0.6) is 0 Å². The first-order chi connectivity index (χ1) is 21.1. The zero-order chi connectivity index (χ0) is 30.8. The van der Waals surface area contributed by atoms with E-state index in [2.05, 4.69) is 27.3 Å². The summed E-state index contributed by atoms with van der Waals surface area (Å²) in [5, 5.41) is 5.94. The zero-order valence-electron chi connectivity index (χ0n) is 24.5. The summed E-state index contributed by atoms with van der Waals surface area (Å²) in [6, 6.07) is 17.7. The van der Waals surface area contributed by atoms with E-state index in [0.717, 1.165) is 57.3 Å². The fourth-order valence-corrected chi connectivity index (χ4v) is 6.33. The molecule has 1 aliphatic heterocycles. The van der Waals surface area contributed by atoms with Gasteiger partial charge < -0.3 is 10.2 Å². The molecule has 0 aliphatic carbocycles. The molecule has 0 radical (unpaired) electrons. The number of amides is 1. The van der Waals surface area contributed by atoms with Crippen molar-refractivity contribution in [1.29, 1.82) is 0 Å². The smallest absolute Gasteiger partial charge is 0.322 e. The van der Waals surface area contributed by atoms with E-state index in [1.807, 2.05) is 54.6 Å². The Balaban J connectivity index is 1.24. The number of piperazine rings is 1. The lowest BCUT2D eigenvalue weighted by molar-refractivity contribution is -0.138. The lowest BCUT2D eigenvalue weighted by Gasteiger charge is -2.33. The van der Waals surface area contributed by atoms with E-state index in [-0.39, 0.29) is 17.7 Å². The van der Waals surface area contributed by atoms with Crippen LogP contribution >= 0.6 is 11.3 Å². The molecular weight excluding hydrogens is 583 g/mol. The first-order valence-corrected chi connectivity index (χ1v) is 15.3. The van der Waals surface area contributed by atoms with Gasteiger partial charge in [0, 0.05) is 67.3 Å². The molecule has 6 nitrogen and oxygen atoms in total. The van der Waals surface area contributed by atoms with Crippen molar-refractivity contribution < 1.29 is 18.0 Å². The van der Waals surface area contributed by atoms with Gasteiger partial charge in [-0.2, -0.15) is 13.2 Å². The summed E-state index contributed by atoms with van der Waals surface area (Å²) in [6.07, 6.45) is -0.469. The van der Waals surface area contributed by atoms with Gasteiger partial charge in [-0.05, 0) is 90.5 Å². The van der Waals surface area contributed by atoms with Gasteiger partial charge in [-0.1, -0.05) is 18.2 Å². The number of rotatable bonds is 7. The maximum Gasteiger partial charge on any atom is 0.416 e. The molecule has 6 rings (SSSR count). The van der Waals surface area contributed by atoms with Crippen LogP contribution in [0.3, 0.4) is 0 Å². The second kappa shape index (κ2) is 12.5. The Morgan fingerprint density at radius 3 is 2.57 bits per heavy atom. The van der Waals surface area contributed by atoms with Gasteiger partial charge in [0.15, 0.2) is 0 Å². The third-order valence-electron chi connectivity index (χ3n) is 8.09. The minimum atomic E-state index is -4.57. The van der Waals surface area contributed by atoms with Gasteiger partial charge in [0.05, 0.1) is 11.3 Å². The highest BCUT2D eigenvalue weighted by Crippen LogP contribution is 2.34. The number of likely N-dealkylation sites (N-methyl/N-ethyl adjacent to an activating group) is 1. The van der Waals surface area contributed by atoms with Crippen molar-refractivity contribution in [3.8, 4) is 11.3 Å². The SMILES string of the molecule is Cc1ccc(Cc2cc(-c3cccnc3)nc3sccc23)cc1NC(=O)c1ccc(CN2CCN(C)CC2)c(C(F)(F)F)c1. The normalized spacial score (nSPS) is 14.7. The van der Waals surface area contributed by atoms with Crippen molar-refractivity contribution in [2.24, 2.45) is 0 Å². The van der Waals surface area contributed by atoms with Crippen molar-refractivity contribution >= 4 is 33.1 Å². The highest BCUT2D eigenvalue weighted by atomic mass is 32.1. The number of alkyl halides is 3. The molecule has 10 heteroatoms. The van der Waals surface area contributed by atoms with E-state index >= 15 is 0 Å². The molecule has 0 unspecified atom stereocenters. The number of carbonyl (C=O) groups is 1. The van der Waals surface area contributed by atoms with Crippen LogP contribution < -0.4 is 5.32 Å². The number of fused-ring (bicyclic) bond motifs is 1. The number of pyridine rings is 2. The van der Waals surface area contributed by atoms with Crippen LogP contribution in [0.15, 0.2) is 78.4 Å². The van der Waals surface area contributed by atoms with Gasteiger partial charge in [0.25, 0.3) is 5.91 Å². The molecular formula is C34H32F3N5OS. The molecule has 4 heterocycles. The van der Waals surface area contributed by atoms with E-state index in [0.29, 0.717) is 25.2 Å². The Morgan fingerprint density at radius 2 is 1.82 bits per heavy atom. The van der Waals surface area contributed by atoms with Crippen LogP contribution in [0, 0.1) is 6.92 Å². The first-order valence-electron chi connectivity index (χ1n) is 14.4. The number of hydrogen-bond acceptors (Lipinski definition) is 6. The van der Waals surface area contributed by atoms with Crippen molar-refractivity contribution in [3.63, 3.8) is 0 Å². The van der Waals surface area contributed by atoms with E-state index in [1.165, 1.54) is 12.1 Å². The Kier molecular flexibility index (Phi) is 8.48. The number of halogens is 3. The maximum atomic E-state index is 14.1. The highest BCUT2D eigenvalue weighted by Gasteiger charge is 2.34. The van der Waals surface area contributed by atoms with Crippen LogP contribution in [0.1, 0.15) is 38.2 Å². The molecule has 0 bridgehead atoms. The third-order valence-corrected chi connectivity index (χ3v) is 8.90. The number of hydrogen-bond donors (Lipinski definition) is 1. The number of aromatic nitrogens is 2. The van der Waals surface area contributed by atoms with Crippen LogP contribution in [0.4, 0.5) is 18.9 Å². The third kappa shape index (κ3) is 6.67. The van der Waals surface area contributed by atoms with Crippen LogP contribution in [0.25, 0.3) is 21.5 Å². The maximum absolute atomic E-state index is 14.1. The number of aryl methyl sites for hydroxylation is 1. The summed E-state index contributed by atoms with van der Waals surface area (Å²) in [4.78, 5) is 27.4. The fraction of sp³-hybridized carbons (Fsp3) is 0.265. The number of thiophene rings is 1. The lowest BCUT2D eigenvalue weighted by Crippen LogP contribution is -2.44. The molecule has 1 aliphatic rings. The summed E-state index contributed by atoms with van der Waals surface area (Å²) in [5.74, 6) is -0.579. The first kappa shape index (κ1) is 29.9. The molecule has 44 heavy (non-hydrogen) atoms. The van der Waals surface area contributed by atoms with Crippen molar-refractivity contribution in [1.82, 2.24) is 19.8 Å². The summed E-state index contributed by atoms with van der Waals surface area (Å²) >= 11 is 1.57. The minimum Gasteiger partial charge on any atom is -0.322 e.